The van der Waals surface area contributed by atoms with Gasteiger partial charge in [-0.25, -0.2) is 0 Å². The van der Waals surface area contributed by atoms with Gasteiger partial charge in [0.05, 0.1) is 16.7 Å². The Morgan fingerprint density at radius 1 is 0.455 bits per heavy atom. The fourth-order valence-electron chi connectivity index (χ4n) is 4.61. The summed E-state index contributed by atoms with van der Waals surface area (Å²) >= 11 is 7.36. The Morgan fingerprint density at radius 3 is 1.61 bits per heavy atom. The highest BCUT2D eigenvalue weighted by Gasteiger charge is 2.16. The second-order valence-electron chi connectivity index (χ2n) is 8.12. The fraction of sp³-hybridized carbons (Fsp3) is 0. The van der Waals surface area contributed by atoms with Crippen LogP contribution < -0.4 is 0 Å². The molecule has 3 heteroatoms. The Balaban J connectivity index is 1.58. The Labute approximate surface area is 209 Å². The minimum Gasteiger partial charge on any atom is -0.309 e. The van der Waals surface area contributed by atoms with Crippen molar-refractivity contribution >= 4 is 53.7 Å². The third kappa shape index (κ3) is 3.62. The zero-order valence-electron chi connectivity index (χ0n) is 17.7. The van der Waals surface area contributed by atoms with E-state index in [1.54, 1.807) is 0 Å². The average molecular weight is 553 g/mol. The van der Waals surface area contributed by atoms with E-state index >= 15 is 0 Å². The van der Waals surface area contributed by atoms with Gasteiger partial charge in [0.1, 0.15) is 0 Å². The molecule has 0 amide bonds. The molecule has 5 aromatic carbocycles. The number of hydrogen-bond acceptors (Lipinski definition) is 0. The van der Waals surface area contributed by atoms with E-state index in [4.69, 9.17) is 0 Å². The van der Waals surface area contributed by atoms with Crippen LogP contribution >= 0.6 is 31.9 Å². The van der Waals surface area contributed by atoms with Crippen molar-refractivity contribution in [3.8, 4) is 27.9 Å². The number of rotatable bonds is 3. The van der Waals surface area contributed by atoms with Gasteiger partial charge < -0.3 is 4.57 Å². The predicted octanol–water partition coefficient (Wildman–Crippen LogP) is 9.64. The molecule has 0 aliphatic carbocycles. The van der Waals surface area contributed by atoms with E-state index in [1.807, 2.05) is 0 Å². The number of para-hydroxylation sites is 1. The normalized spacial score (nSPS) is 11.3. The van der Waals surface area contributed by atoms with E-state index < -0.39 is 0 Å². The quantitative estimate of drug-likeness (QED) is 0.206. The van der Waals surface area contributed by atoms with Crippen LogP contribution in [0.1, 0.15) is 0 Å². The highest BCUT2D eigenvalue weighted by molar-refractivity contribution is 9.10. The fourth-order valence-corrected chi connectivity index (χ4v) is 5.31. The molecular formula is C30H19Br2N. The molecule has 0 N–H and O–H groups in total. The summed E-state index contributed by atoms with van der Waals surface area (Å²) in [5.41, 5.74) is 8.40. The van der Waals surface area contributed by atoms with E-state index in [0.717, 1.165) is 8.95 Å². The van der Waals surface area contributed by atoms with Crippen LogP contribution in [0.3, 0.4) is 0 Å². The third-order valence-electron chi connectivity index (χ3n) is 6.14. The largest absolute Gasteiger partial charge is 0.309 e. The van der Waals surface area contributed by atoms with Gasteiger partial charge in [-0.2, -0.15) is 0 Å². The van der Waals surface area contributed by atoms with Crippen molar-refractivity contribution in [1.29, 1.82) is 0 Å². The smallest absolute Gasteiger partial charge is 0.0552 e. The third-order valence-corrected chi connectivity index (χ3v) is 7.13. The van der Waals surface area contributed by atoms with Crippen molar-refractivity contribution in [3.63, 3.8) is 0 Å². The summed E-state index contributed by atoms with van der Waals surface area (Å²) in [5.74, 6) is 0. The number of hydrogen-bond donors (Lipinski definition) is 0. The molecule has 6 rings (SSSR count). The van der Waals surface area contributed by atoms with Crippen LogP contribution in [0, 0.1) is 0 Å². The van der Waals surface area contributed by atoms with Gasteiger partial charge in [0.15, 0.2) is 0 Å². The molecule has 1 heterocycles. The minimum absolute atomic E-state index is 1.07. The Bertz CT molecular complexity index is 1550. The maximum absolute atomic E-state index is 3.68. The summed E-state index contributed by atoms with van der Waals surface area (Å²) in [5, 5.41) is 2.49. The van der Waals surface area contributed by atoms with Gasteiger partial charge in [0, 0.05) is 25.3 Å². The number of benzene rings is 5. The second kappa shape index (κ2) is 8.33. The summed E-state index contributed by atoms with van der Waals surface area (Å²) in [6, 6.07) is 41.1. The summed E-state index contributed by atoms with van der Waals surface area (Å²) in [7, 11) is 0. The van der Waals surface area contributed by atoms with Gasteiger partial charge in [-0.05, 0) is 47.0 Å². The van der Waals surface area contributed by atoms with Gasteiger partial charge >= 0.3 is 0 Å². The van der Waals surface area contributed by atoms with E-state index in [2.05, 4.69) is 152 Å². The van der Waals surface area contributed by atoms with Crippen LogP contribution in [-0.2, 0) is 0 Å². The van der Waals surface area contributed by atoms with Crippen molar-refractivity contribution in [3.05, 3.63) is 124 Å². The zero-order valence-corrected chi connectivity index (χ0v) is 20.8. The minimum atomic E-state index is 1.07. The summed E-state index contributed by atoms with van der Waals surface area (Å²) in [6.45, 7) is 0. The maximum Gasteiger partial charge on any atom is 0.0552 e. The number of fused-ring (bicyclic) bond motifs is 3. The molecule has 33 heavy (non-hydrogen) atoms. The van der Waals surface area contributed by atoms with Crippen molar-refractivity contribution in [1.82, 2.24) is 4.57 Å². The molecular weight excluding hydrogens is 534 g/mol. The summed E-state index contributed by atoms with van der Waals surface area (Å²) < 4.78 is 4.52. The van der Waals surface area contributed by atoms with E-state index in [0.29, 0.717) is 0 Å². The van der Waals surface area contributed by atoms with Crippen LogP contribution in [0.5, 0.6) is 0 Å². The maximum atomic E-state index is 3.68. The van der Waals surface area contributed by atoms with Crippen molar-refractivity contribution in [2.24, 2.45) is 0 Å². The Hall–Kier alpha value is -3.14. The van der Waals surface area contributed by atoms with Crippen LogP contribution in [0.2, 0.25) is 0 Å². The standard InChI is InChI=1S/C30H19Br2N/c31-23-14-16-26-27-17-15-24(32)19-30(27)33(29(26)18-23)28-9-5-4-8-25(28)22-12-10-21(11-13-22)20-6-2-1-3-7-20/h1-19H. The molecule has 0 aliphatic rings. The lowest BCUT2D eigenvalue weighted by molar-refractivity contribution is 1.18. The molecule has 1 aromatic heterocycles. The van der Waals surface area contributed by atoms with Crippen LogP contribution in [0.15, 0.2) is 124 Å². The molecule has 0 saturated heterocycles. The van der Waals surface area contributed by atoms with Crippen LogP contribution in [0.4, 0.5) is 0 Å². The van der Waals surface area contributed by atoms with Crippen molar-refractivity contribution in [2.45, 2.75) is 0 Å². The molecule has 1 nitrogen and oxygen atoms in total. The van der Waals surface area contributed by atoms with Gasteiger partial charge in [0.2, 0.25) is 0 Å². The zero-order chi connectivity index (χ0) is 22.4. The van der Waals surface area contributed by atoms with E-state index in [9.17, 15) is 0 Å². The first-order chi connectivity index (χ1) is 16.2. The average Bonchev–Trinajstić information content (AvgIpc) is 3.17. The lowest BCUT2D eigenvalue weighted by Gasteiger charge is -2.14. The lowest BCUT2D eigenvalue weighted by atomic mass is 9.99. The van der Waals surface area contributed by atoms with Gasteiger partial charge in [-0.3, -0.25) is 0 Å². The SMILES string of the molecule is Brc1ccc2c3ccc(Br)cc3n(-c3ccccc3-c3ccc(-c4ccccc4)cc3)c2c1. The van der Waals surface area contributed by atoms with Gasteiger partial charge in [0.25, 0.3) is 0 Å². The molecule has 6 aromatic rings. The molecule has 0 radical (unpaired) electrons. The predicted molar refractivity (Wildman–Crippen MR) is 147 cm³/mol. The molecule has 0 bridgehead atoms. The van der Waals surface area contributed by atoms with Gasteiger partial charge in [-0.15, -0.1) is 0 Å². The number of halogens is 2. The molecule has 0 atom stereocenters. The van der Waals surface area contributed by atoms with Crippen molar-refractivity contribution < 1.29 is 0 Å². The molecule has 0 aliphatic heterocycles. The highest BCUT2D eigenvalue weighted by atomic mass is 79.9. The van der Waals surface area contributed by atoms with Gasteiger partial charge in [-0.1, -0.05) is 117 Å². The Morgan fingerprint density at radius 2 is 0.970 bits per heavy atom. The first-order valence-electron chi connectivity index (χ1n) is 10.8. The molecule has 0 unspecified atom stereocenters. The monoisotopic (exact) mass is 551 g/mol. The molecule has 158 valence electrons. The summed E-state index contributed by atoms with van der Waals surface area (Å²) in [4.78, 5) is 0. The molecule has 0 fully saturated rings. The first kappa shape index (κ1) is 20.5. The van der Waals surface area contributed by atoms with Crippen LogP contribution in [0.25, 0.3) is 49.7 Å². The van der Waals surface area contributed by atoms with Crippen molar-refractivity contribution in [2.75, 3.05) is 0 Å². The highest BCUT2D eigenvalue weighted by Crippen LogP contribution is 2.38. The second-order valence-corrected chi connectivity index (χ2v) is 9.95. The molecule has 0 spiro atoms. The Kier molecular flexibility index (Phi) is 5.17. The molecule has 0 saturated carbocycles. The number of aromatic nitrogens is 1. The van der Waals surface area contributed by atoms with Crippen LogP contribution in [-0.4, -0.2) is 4.57 Å². The van der Waals surface area contributed by atoms with E-state index in [1.165, 1.54) is 49.7 Å². The lowest BCUT2D eigenvalue weighted by Crippen LogP contribution is -1.97. The van der Waals surface area contributed by atoms with E-state index in [-0.39, 0.29) is 0 Å². The number of nitrogens with zero attached hydrogens (tertiary/aromatic N) is 1. The topological polar surface area (TPSA) is 4.93 Å². The first-order valence-corrected chi connectivity index (χ1v) is 12.4. The summed E-state index contributed by atoms with van der Waals surface area (Å²) in [6.07, 6.45) is 0.